The number of carboxylic acid groups (broad SMARTS) is 1. The van der Waals surface area contributed by atoms with E-state index in [9.17, 15) is 14.7 Å². The van der Waals surface area contributed by atoms with Crippen molar-refractivity contribution in [2.24, 2.45) is 11.8 Å². The van der Waals surface area contributed by atoms with Gasteiger partial charge in [0.2, 0.25) is 0 Å². The van der Waals surface area contributed by atoms with Crippen molar-refractivity contribution in [1.29, 1.82) is 0 Å². The molecule has 0 spiro atoms. The Morgan fingerprint density at radius 1 is 0.771 bits per heavy atom. The molecule has 5 aliphatic rings. The lowest BCUT2D eigenvalue weighted by Crippen LogP contribution is -2.63. The summed E-state index contributed by atoms with van der Waals surface area (Å²) < 4.78 is 0. The van der Waals surface area contributed by atoms with Gasteiger partial charge in [0.05, 0.1) is 0 Å². The van der Waals surface area contributed by atoms with Gasteiger partial charge in [0.15, 0.2) is 0 Å². The summed E-state index contributed by atoms with van der Waals surface area (Å²) in [7, 11) is 0. The van der Waals surface area contributed by atoms with Crippen LogP contribution in [0.1, 0.15) is 83.5 Å². The number of carboxylic acids is 1. The Kier molecular flexibility index (Phi) is 6.50. The van der Waals surface area contributed by atoms with Crippen LogP contribution in [0.15, 0.2) is 30.3 Å². The largest absolute Gasteiger partial charge is 0.480 e. The van der Waals surface area contributed by atoms with E-state index in [2.05, 4.69) is 4.90 Å². The molecule has 1 aromatic rings. The monoisotopic (exact) mass is 479 g/mol. The number of rotatable bonds is 4. The molecule has 6 rings (SSSR count). The number of para-hydroxylation sites is 1. The van der Waals surface area contributed by atoms with Crippen LogP contribution in [0.3, 0.4) is 0 Å². The van der Waals surface area contributed by atoms with Gasteiger partial charge in [-0.3, -0.25) is 9.80 Å². The number of carbonyl (C=O) groups is 2. The van der Waals surface area contributed by atoms with Crippen LogP contribution in [0.25, 0.3) is 0 Å². The lowest BCUT2D eigenvalue weighted by Gasteiger charge is -2.56. The average molecular weight is 480 g/mol. The molecule has 0 radical (unpaired) electrons. The first-order chi connectivity index (χ1) is 17.1. The van der Waals surface area contributed by atoms with Gasteiger partial charge in [0, 0.05) is 36.4 Å². The van der Waals surface area contributed by atoms with Crippen LogP contribution in [-0.4, -0.2) is 63.7 Å². The predicted molar refractivity (Wildman–Crippen MR) is 136 cm³/mol. The number of hydrogen-bond acceptors (Lipinski definition) is 3. The van der Waals surface area contributed by atoms with Crippen molar-refractivity contribution in [3.05, 3.63) is 30.3 Å². The lowest BCUT2D eigenvalue weighted by atomic mass is 9.68. The Hall–Kier alpha value is -2.08. The maximum absolute atomic E-state index is 14.0. The maximum atomic E-state index is 14.0. The number of fused-ring (bicyclic) bond motifs is 4. The van der Waals surface area contributed by atoms with Crippen LogP contribution >= 0.6 is 0 Å². The molecule has 3 aliphatic heterocycles. The summed E-state index contributed by atoms with van der Waals surface area (Å²) in [6.45, 7) is 0.537. The number of likely N-dealkylation sites (tertiary alicyclic amines) is 1. The van der Waals surface area contributed by atoms with Gasteiger partial charge in [-0.05, 0) is 81.8 Å². The minimum absolute atomic E-state index is 0.107. The van der Waals surface area contributed by atoms with Gasteiger partial charge >= 0.3 is 12.0 Å². The molecule has 0 aromatic heterocycles. The predicted octanol–water partition coefficient (Wildman–Crippen LogP) is 5.52. The Labute approximate surface area is 209 Å². The number of aliphatic carboxylic acids is 1. The first-order valence-corrected chi connectivity index (χ1v) is 14.2. The van der Waals surface area contributed by atoms with Gasteiger partial charge in [0.25, 0.3) is 0 Å². The molecule has 2 aliphatic carbocycles. The molecule has 5 fully saturated rings. The van der Waals surface area contributed by atoms with Gasteiger partial charge in [-0.15, -0.1) is 0 Å². The molecule has 6 nitrogen and oxygen atoms in total. The molecule has 35 heavy (non-hydrogen) atoms. The molecule has 2 saturated carbocycles. The Morgan fingerprint density at radius 2 is 1.43 bits per heavy atom. The second-order valence-electron chi connectivity index (χ2n) is 12.0. The molecule has 3 saturated heterocycles. The fraction of sp³-hybridized carbons (Fsp3) is 0.724. The SMILES string of the molecule is O=C(O)C1CCCN1C(=O)N(c1ccccc1)C1CC2CCCC(C1)N2C1CC2CCCC(C2)C1. The van der Waals surface area contributed by atoms with Crippen molar-refractivity contribution in [3.8, 4) is 0 Å². The summed E-state index contributed by atoms with van der Waals surface area (Å²) >= 11 is 0. The number of amides is 2. The number of anilines is 1. The average Bonchev–Trinajstić information content (AvgIpc) is 3.35. The molecule has 3 heterocycles. The lowest BCUT2D eigenvalue weighted by molar-refractivity contribution is -0.141. The summed E-state index contributed by atoms with van der Waals surface area (Å²) in [6.07, 6.45) is 15.6. The van der Waals surface area contributed by atoms with E-state index in [0.29, 0.717) is 25.0 Å². The van der Waals surface area contributed by atoms with Crippen molar-refractivity contribution in [2.45, 2.75) is 114 Å². The first kappa shape index (κ1) is 23.3. The van der Waals surface area contributed by atoms with Crippen LogP contribution in [0.4, 0.5) is 10.5 Å². The molecule has 190 valence electrons. The summed E-state index contributed by atoms with van der Waals surface area (Å²) in [4.78, 5) is 32.4. The summed E-state index contributed by atoms with van der Waals surface area (Å²) in [5.74, 6) is 0.978. The van der Waals surface area contributed by atoms with Gasteiger partial charge in [-0.25, -0.2) is 9.59 Å². The number of nitrogens with zero attached hydrogens (tertiary/aromatic N) is 3. The normalized spacial score (nSPS) is 37.1. The van der Waals surface area contributed by atoms with Crippen LogP contribution < -0.4 is 4.90 Å². The number of piperidine rings is 2. The van der Waals surface area contributed by atoms with Crippen LogP contribution in [0.2, 0.25) is 0 Å². The molecular formula is C29H41N3O3. The van der Waals surface area contributed by atoms with Crippen molar-refractivity contribution in [2.75, 3.05) is 11.4 Å². The van der Waals surface area contributed by atoms with Gasteiger partial charge in [-0.1, -0.05) is 43.9 Å². The van der Waals surface area contributed by atoms with E-state index in [1.54, 1.807) is 4.90 Å². The van der Waals surface area contributed by atoms with Gasteiger partial charge < -0.3 is 10.0 Å². The van der Waals surface area contributed by atoms with E-state index < -0.39 is 12.0 Å². The number of urea groups is 1. The van der Waals surface area contributed by atoms with E-state index in [4.69, 9.17) is 0 Å². The third-order valence-corrected chi connectivity index (χ3v) is 9.92. The first-order valence-electron chi connectivity index (χ1n) is 14.2. The van der Waals surface area contributed by atoms with Gasteiger partial charge in [-0.2, -0.15) is 0 Å². The highest BCUT2D eigenvalue weighted by molar-refractivity contribution is 5.95. The minimum Gasteiger partial charge on any atom is -0.480 e. The Morgan fingerprint density at radius 3 is 2.09 bits per heavy atom. The smallest absolute Gasteiger partial charge is 0.326 e. The summed E-state index contributed by atoms with van der Waals surface area (Å²) in [5.41, 5.74) is 0.914. The highest BCUT2D eigenvalue weighted by atomic mass is 16.4. The molecule has 4 bridgehead atoms. The van der Waals surface area contributed by atoms with Crippen LogP contribution in [-0.2, 0) is 4.79 Å². The summed E-state index contributed by atoms with van der Waals surface area (Å²) in [6, 6.07) is 11.2. The topological polar surface area (TPSA) is 64.1 Å². The third kappa shape index (κ3) is 4.47. The number of benzene rings is 1. The fourth-order valence-corrected chi connectivity index (χ4v) is 8.59. The molecule has 6 heteroatoms. The van der Waals surface area contributed by atoms with E-state index >= 15 is 0 Å². The standard InChI is InChI=1S/C29H41N3O3/c33-28(34)27-13-6-14-30(27)29(35)32(22-9-2-1-3-10-22)26-18-23-11-5-12-24(19-26)31(23)25-16-20-7-4-8-21(15-20)17-25/h1-3,9-10,20-21,23-27H,4-8,11-19H2,(H,33,34). The molecule has 5 unspecified atom stereocenters. The molecule has 5 atom stereocenters. The highest BCUT2D eigenvalue weighted by Crippen LogP contribution is 2.46. The number of hydrogen-bond donors (Lipinski definition) is 1. The second-order valence-corrected chi connectivity index (χ2v) is 12.0. The molecule has 1 N–H and O–H groups in total. The van der Waals surface area contributed by atoms with E-state index in [1.807, 2.05) is 35.2 Å². The van der Waals surface area contributed by atoms with Crippen molar-refractivity contribution in [1.82, 2.24) is 9.80 Å². The number of carbonyl (C=O) groups excluding carboxylic acids is 1. The third-order valence-electron chi connectivity index (χ3n) is 9.92. The van der Waals surface area contributed by atoms with Gasteiger partial charge in [0.1, 0.15) is 6.04 Å². The zero-order chi connectivity index (χ0) is 23.9. The van der Waals surface area contributed by atoms with Crippen LogP contribution in [0.5, 0.6) is 0 Å². The molecule has 1 aromatic carbocycles. The minimum atomic E-state index is -0.876. The van der Waals surface area contributed by atoms with E-state index in [0.717, 1.165) is 42.8 Å². The van der Waals surface area contributed by atoms with E-state index in [-0.39, 0.29) is 12.1 Å². The Bertz CT molecular complexity index is 897. The van der Waals surface area contributed by atoms with Crippen molar-refractivity contribution >= 4 is 17.7 Å². The second kappa shape index (κ2) is 9.76. The van der Waals surface area contributed by atoms with E-state index in [1.165, 1.54) is 57.8 Å². The quantitative estimate of drug-likeness (QED) is 0.618. The van der Waals surface area contributed by atoms with Crippen molar-refractivity contribution in [3.63, 3.8) is 0 Å². The summed E-state index contributed by atoms with van der Waals surface area (Å²) in [5, 5.41) is 9.75. The molecular weight excluding hydrogens is 438 g/mol. The zero-order valence-corrected chi connectivity index (χ0v) is 20.9. The van der Waals surface area contributed by atoms with Crippen molar-refractivity contribution < 1.29 is 14.7 Å². The fourth-order valence-electron chi connectivity index (χ4n) is 8.59. The maximum Gasteiger partial charge on any atom is 0.326 e. The van der Waals surface area contributed by atoms with Crippen LogP contribution in [0, 0.1) is 11.8 Å². The Balaban J connectivity index is 1.26. The highest BCUT2D eigenvalue weighted by Gasteiger charge is 2.48. The molecule has 2 amide bonds. The zero-order valence-electron chi connectivity index (χ0n) is 20.9.